The van der Waals surface area contributed by atoms with Crippen LogP contribution in [0.2, 0.25) is 0 Å². The minimum Gasteiger partial charge on any atom is -0.493 e. The third kappa shape index (κ3) is 5.42. The van der Waals surface area contributed by atoms with Crippen LogP contribution < -0.4 is 15.2 Å². The fraction of sp³-hybridized carbons (Fsp3) is 0.333. The van der Waals surface area contributed by atoms with Gasteiger partial charge in [0.25, 0.3) is 5.69 Å². The van der Waals surface area contributed by atoms with Crippen LogP contribution in [0.25, 0.3) is 0 Å². The third-order valence-electron chi connectivity index (χ3n) is 6.11. The molecule has 194 valence electrons. The molecular formula is C27H28N2O8. The number of allylic oxidation sites excluding steroid dienone is 2. The Morgan fingerprint density at radius 2 is 1.89 bits per heavy atom. The zero-order valence-corrected chi connectivity index (χ0v) is 20.8. The van der Waals surface area contributed by atoms with Crippen molar-refractivity contribution in [2.45, 2.75) is 51.7 Å². The van der Waals surface area contributed by atoms with Gasteiger partial charge >= 0.3 is 5.97 Å². The Morgan fingerprint density at radius 3 is 2.54 bits per heavy atom. The molecule has 0 fully saturated rings. The van der Waals surface area contributed by atoms with E-state index in [4.69, 9.17) is 24.7 Å². The van der Waals surface area contributed by atoms with Gasteiger partial charge in [-0.25, -0.2) is 4.79 Å². The second-order valence-corrected chi connectivity index (χ2v) is 9.00. The maximum Gasteiger partial charge on any atom is 0.340 e. The van der Waals surface area contributed by atoms with Crippen LogP contribution in [0, 0.1) is 10.1 Å². The molecule has 2 aliphatic rings. The second-order valence-electron chi connectivity index (χ2n) is 9.00. The van der Waals surface area contributed by atoms with Crippen LogP contribution in [-0.4, -0.2) is 29.9 Å². The number of esters is 1. The average molecular weight is 509 g/mol. The molecule has 0 saturated heterocycles. The molecule has 0 unspecified atom stereocenters. The van der Waals surface area contributed by atoms with Gasteiger partial charge in [-0.05, 0) is 55.7 Å². The van der Waals surface area contributed by atoms with Gasteiger partial charge in [0.15, 0.2) is 17.3 Å². The first-order chi connectivity index (χ1) is 17.7. The molecule has 10 heteroatoms. The van der Waals surface area contributed by atoms with Crippen LogP contribution in [0.15, 0.2) is 65.3 Å². The van der Waals surface area contributed by atoms with Crippen molar-refractivity contribution in [1.29, 1.82) is 0 Å². The summed E-state index contributed by atoms with van der Waals surface area (Å²) in [5.41, 5.74) is 7.99. The van der Waals surface area contributed by atoms with E-state index in [2.05, 4.69) is 0 Å². The number of ether oxygens (including phenoxy) is 4. The lowest BCUT2D eigenvalue weighted by Crippen LogP contribution is -2.32. The molecule has 1 aliphatic heterocycles. The summed E-state index contributed by atoms with van der Waals surface area (Å²) >= 11 is 0. The number of carbonyl (C=O) groups excluding carboxylic acids is 2. The number of hydrogen-bond acceptors (Lipinski definition) is 9. The summed E-state index contributed by atoms with van der Waals surface area (Å²) in [5.74, 6) is -0.346. The number of benzene rings is 2. The predicted octanol–water partition coefficient (Wildman–Crippen LogP) is 4.43. The summed E-state index contributed by atoms with van der Waals surface area (Å²) in [6.45, 7) is 3.60. The third-order valence-corrected chi connectivity index (χ3v) is 6.11. The van der Waals surface area contributed by atoms with Crippen molar-refractivity contribution in [3.63, 3.8) is 0 Å². The summed E-state index contributed by atoms with van der Waals surface area (Å²) < 4.78 is 22.6. The molecular weight excluding hydrogens is 480 g/mol. The van der Waals surface area contributed by atoms with Crippen molar-refractivity contribution in [2.75, 3.05) is 7.11 Å². The van der Waals surface area contributed by atoms with Gasteiger partial charge in [0.05, 0.1) is 24.1 Å². The molecule has 1 atom stereocenters. The van der Waals surface area contributed by atoms with E-state index >= 15 is 0 Å². The van der Waals surface area contributed by atoms with Gasteiger partial charge in [-0.1, -0.05) is 6.07 Å². The van der Waals surface area contributed by atoms with Gasteiger partial charge < -0.3 is 24.7 Å². The molecule has 4 rings (SSSR count). The van der Waals surface area contributed by atoms with E-state index in [9.17, 15) is 19.7 Å². The number of non-ortho nitro benzene ring substituents is 1. The maximum absolute atomic E-state index is 13.1. The van der Waals surface area contributed by atoms with Crippen LogP contribution >= 0.6 is 0 Å². The monoisotopic (exact) mass is 508 g/mol. The molecule has 0 spiro atoms. The molecule has 1 heterocycles. The van der Waals surface area contributed by atoms with Gasteiger partial charge in [0.1, 0.15) is 17.9 Å². The molecule has 2 aromatic carbocycles. The fourth-order valence-electron chi connectivity index (χ4n) is 4.42. The van der Waals surface area contributed by atoms with Gasteiger partial charge in [0, 0.05) is 30.5 Å². The number of carbonyl (C=O) groups is 2. The minimum absolute atomic E-state index is 0.00722. The average Bonchev–Trinajstić information content (AvgIpc) is 2.86. The standard InChI is InChI=1S/C27H28N2O8/c1-15(2)36-27(31)25-23(24-19(30)5-4-6-21(24)37-26(25)28)17-9-12-20(22(13-17)34-3)35-14-16-7-10-18(11-8-16)29(32)33/h7-13,15,23H,4-6,14,28H2,1-3H3/t23-/m0/s1. The van der Waals surface area contributed by atoms with Gasteiger partial charge in [-0.2, -0.15) is 0 Å². The summed E-state index contributed by atoms with van der Waals surface area (Å²) in [5, 5.41) is 10.9. The number of methoxy groups -OCH3 is 1. The summed E-state index contributed by atoms with van der Waals surface area (Å²) in [6.07, 6.45) is 1.13. The second kappa shape index (κ2) is 10.7. The molecule has 2 N–H and O–H groups in total. The van der Waals surface area contributed by atoms with Crippen molar-refractivity contribution in [1.82, 2.24) is 0 Å². The molecule has 0 saturated carbocycles. The number of nitrogens with two attached hydrogens (primary N) is 1. The van der Waals surface area contributed by atoms with E-state index in [-0.39, 0.29) is 29.5 Å². The molecule has 0 aromatic heterocycles. The van der Waals surface area contributed by atoms with Crippen LogP contribution in [0.5, 0.6) is 11.5 Å². The first-order valence-corrected chi connectivity index (χ1v) is 11.9. The van der Waals surface area contributed by atoms with Crippen LogP contribution in [-0.2, 0) is 25.7 Å². The van der Waals surface area contributed by atoms with Crippen molar-refractivity contribution in [2.24, 2.45) is 5.73 Å². The largest absolute Gasteiger partial charge is 0.493 e. The molecule has 1 aliphatic carbocycles. The zero-order chi connectivity index (χ0) is 26.7. The lowest BCUT2D eigenvalue weighted by atomic mass is 9.77. The number of hydrogen-bond donors (Lipinski definition) is 1. The van der Waals surface area contributed by atoms with E-state index in [0.29, 0.717) is 47.7 Å². The highest BCUT2D eigenvalue weighted by atomic mass is 16.6. The van der Waals surface area contributed by atoms with E-state index in [1.54, 1.807) is 44.2 Å². The SMILES string of the molecule is COc1cc([C@@H]2C(C(=O)OC(C)C)=C(N)OC3=C2C(=O)CCC3)ccc1OCc1ccc([N+](=O)[O-])cc1. The van der Waals surface area contributed by atoms with Crippen molar-refractivity contribution in [3.05, 3.63) is 86.5 Å². The molecule has 0 radical (unpaired) electrons. The zero-order valence-electron chi connectivity index (χ0n) is 20.8. The van der Waals surface area contributed by atoms with Crippen molar-refractivity contribution >= 4 is 17.4 Å². The Labute approximate surface area is 213 Å². The van der Waals surface area contributed by atoms with E-state index in [1.165, 1.54) is 19.2 Å². The van der Waals surface area contributed by atoms with Crippen LogP contribution in [0.1, 0.15) is 50.2 Å². The van der Waals surface area contributed by atoms with Gasteiger partial charge in [-0.15, -0.1) is 0 Å². The Balaban J connectivity index is 1.67. The van der Waals surface area contributed by atoms with Gasteiger partial charge in [0.2, 0.25) is 5.88 Å². The highest BCUT2D eigenvalue weighted by Gasteiger charge is 2.41. The predicted molar refractivity (Wildman–Crippen MR) is 133 cm³/mol. The number of ketones is 1. The fourth-order valence-corrected chi connectivity index (χ4v) is 4.42. The highest BCUT2D eigenvalue weighted by Crippen LogP contribution is 2.45. The Kier molecular flexibility index (Phi) is 7.47. The number of nitrogens with zero attached hydrogens (tertiary/aromatic N) is 1. The number of Topliss-reactive ketones (excluding diaryl/α,β-unsaturated/α-hetero) is 1. The molecule has 0 amide bonds. The molecule has 2 aromatic rings. The van der Waals surface area contributed by atoms with E-state index in [1.807, 2.05) is 0 Å². The topological polar surface area (TPSA) is 140 Å². The Morgan fingerprint density at radius 1 is 1.16 bits per heavy atom. The normalized spacial score (nSPS) is 17.3. The first kappa shape index (κ1) is 25.7. The van der Waals surface area contributed by atoms with E-state index < -0.39 is 22.9 Å². The minimum atomic E-state index is -0.777. The van der Waals surface area contributed by atoms with E-state index in [0.717, 1.165) is 5.56 Å². The Hall–Kier alpha value is -4.34. The lowest BCUT2D eigenvalue weighted by Gasteiger charge is -2.32. The number of rotatable bonds is 8. The molecule has 37 heavy (non-hydrogen) atoms. The highest BCUT2D eigenvalue weighted by molar-refractivity contribution is 6.03. The van der Waals surface area contributed by atoms with Crippen molar-refractivity contribution < 1.29 is 33.5 Å². The first-order valence-electron chi connectivity index (χ1n) is 11.9. The summed E-state index contributed by atoms with van der Waals surface area (Å²) in [6, 6.07) is 11.2. The molecule has 0 bridgehead atoms. The van der Waals surface area contributed by atoms with Crippen LogP contribution in [0.3, 0.4) is 0 Å². The quantitative estimate of drug-likeness (QED) is 0.311. The van der Waals surface area contributed by atoms with Crippen LogP contribution in [0.4, 0.5) is 5.69 Å². The maximum atomic E-state index is 13.1. The number of nitro groups is 1. The number of nitro benzene ring substituents is 1. The molecule has 10 nitrogen and oxygen atoms in total. The van der Waals surface area contributed by atoms with Crippen molar-refractivity contribution in [3.8, 4) is 11.5 Å². The lowest BCUT2D eigenvalue weighted by molar-refractivity contribution is -0.384. The van der Waals surface area contributed by atoms with Gasteiger partial charge in [-0.3, -0.25) is 14.9 Å². The summed E-state index contributed by atoms with van der Waals surface area (Å²) in [7, 11) is 1.48. The smallest absolute Gasteiger partial charge is 0.340 e. The Bertz CT molecular complexity index is 1290. The summed E-state index contributed by atoms with van der Waals surface area (Å²) in [4.78, 5) is 36.5.